The van der Waals surface area contributed by atoms with Crippen molar-refractivity contribution in [3.63, 3.8) is 0 Å². The Balaban J connectivity index is 1.82. The molecule has 0 amide bonds. The Hall–Kier alpha value is -2.61. The van der Waals surface area contributed by atoms with Crippen LogP contribution in [0.5, 0.6) is 5.75 Å². The zero-order valence-corrected chi connectivity index (χ0v) is 13.2. The molecule has 0 unspecified atom stereocenters. The number of hydrogen-bond donors (Lipinski definition) is 1. The van der Waals surface area contributed by atoms with Crippen LogP contribution in [0.1, 0.15) is 18.4 Å². The molecule has 0 bridgehead atoms. The Morgan fingerprint density at radius 2 is 1.92 bits per heavy atom. The van der Waals surface area contributed by atoms with Gasteiger partial charge in [-0.3, -0.25) is 0 Å². The molecule has 2 heterocycles. The number of nitrogens with zero attached hydrogens (tertiary/aromatic N) is 3. The maximum absolute atomic E-state index is 9.96. The van der Waals surface area contributed by atoms with Crippen molar-refractivity contribution >= 4 is 5.84 Å². The average molecular weight is 324 g/mol. The smallest absolute Gasteiger partial charge is 0.293 e. The summed E-state index contributed by atoms with van der Waals surface area (Å²) in [6, 6.07) is 11.8. The van der Waals surface area contributed by atoms with Crippen molar-refractivity contribution in [3.05, 3.63) is 29.8 Å². The van der Waals surface area contributed by atoms with E-state index in [1.807, 2.05) is 31.2 Å². The molecule has 3 atom stereocenters. The zero-order valence-electron chi connectivity index (χ0n) is 13.2. The van der Waals surface area contributed by atoms with Crippen LogP contribution in [0.15, 0.2) is 29.3 Å². The summed E-state index contributed by atoms with van der Waals surface area (Å²) >= 11 is 0. The maximum atomic E-state index is 9.96. The predicted molar refractivity (Wildman–Crippen MR) is 82.7 cm³/mol. The van der Waals surface area contributed by atoms with E-state index in [0.29, 0.717) is 19.8 Å². The minimum Gasteiger partial charge on any atom is -0.494 e. The van der Waals surface area contributed by atoms with Gasteiger partial charge >= 0.3 is 0 Å². The normalized spacial score (nSPS) is 35.0. The van der Waals surface area contributed by atoms with Crippen molar-refractivity contribution < 1.29 is 14.2 Å². The minimum absolute atomic E-state index is 0.104. The first-order valence-electron chi connectivity index (χ1n) is 7.81. The van der Waals surface area contributed by atoms with Gasteiger partial charge in [-0.15, -0.1) is 0 Å². The first-order valence-corrected chi connectivity index (χ1v) is 7.81. The van der Waals surface area contributed by atoms with Gasteiger partial charge in [-0.25, -0.2) is 4.99 Å². The van der Waals surface area contributed by atoms with Crippen LogP contribution < -0.4 is 10.5 Å². The second-order valence-corrected chi connectivity index (χ2v) is 6.05. The largest absolute Gasteiger partial charge is 0.494 e. The first-order chi connectivity index (χ1) is 11.6. The summed E-state index contributed by atoms with van der Waals surface area (Å²) < 4.78 is 16.8. The average Bonchev–Trinajstić information content (AvgIpc) is 2.84. The van der Waals surface area contributed by atoms with Crippen molar-refractivity contribution in [1.29, 1.82) is 10.5 Å². The highest BCUT2D eigenvalue weighted by Gasteiger charge is 2.94. The van der Waals surface area contributed by atoms with Gasteiger partial charge in [-0.2, -0.15) is 10.5 Å². The summed E-state index contributed by atoms with van der Waals surface area (Å²) in [5.74, 6) is -1.10. The van der Waals surface area contributed by atoms with Gasteiger partial charge in [0.05, 0.1) is 32.0 Å². The minimum atomic E-state index is -1.48. The zero-order chi connectivity index (χ0) is 17.0. The quantitative estimate of drug-likeness (QED) is 0.895. The van der Waals surface area contributed by atoms with Crippen molar-refractivity contribution in [1.82, 2.24) is 0 Å². The molecule has 0 radical (unpaired) electrons. The highest BCUT2D eigenvalue weighted by Crippen LogP contribution is 2.82. The summed E-state index contributed by atoms with van der Waals surface area (Å²) in [5.41, 5.74) is 4.41. The first kappa shape index (κ1) is 14.9. The van der Waals surface area contributed by atoms with Crippen LogP contribution in [-0.4, -0.2) is 31.6 Å². The standard InChI is InChI=1S/C17H16N4O3/c1-2-22-12-5-3-11(4-6-12)13-15(9-18)14(20)21-17(16(13,15)10-19)23-7-8-24-17/h3-6,13H,2,7-8H2,1H3,(H2,20,21)/t13-,15+,16+/m1/s1. The van der Waals surface area contributed by atoms with Crippen LogP contribution in [0.3, 0.4) is 0 Å². The summed E-state index contributed by atoms with van der Waals surface area (Å²) in [4.78, 5) is 4.24. The van der Waals surface area contributed by atoms with E-state index in [9.17, 15) is 10.5 Å². The molecule has 1 saturated heterocycles. The van der Waals surface area contributed by atoms with Crippen LogP contribution in [0.4, 0.5) is 0 Å². The maximum Gasteiger partial charge on any atom is 0.293 e. The van der Waals surface area contributed by atoms with Gasteiger partial charge in [0.2, 0.25) is 0 Å². The number of rotatable bonds is 3. The SMILES string of the molecule is CCOc1ccc([C@@H]2[C@@]3(C#N)C(N)=NC4(OCCO4)[C@@]23C#N)cc1. The second-order valence-electron chi connectivity index (χ2n) is 6.05. The van der Waals surface area contributed by atoms with E-state index in [-0.39, 0.29) is 5.84 Å². The number of amidine groups is 1. The fourth-order valence-corrected chi connectivity index (χ4v) is 4.14. The number of aliphatic imine (C=N–C) groups is 1. The van der Waals surface area contributed by atoms with E-state index in [2.05, 4.69) is 17.1 Å². The van der Waals surface area contributed by atoms with E-state index in [1.165, 1.54) is 0 Å². The number of nitriles is 2. The Bertz CT molecular complexity index is 801. The molecule has 2 aliphatic heterocycles. The molecular weight excluding hydrogens is 308 g/mol. The van der Waals surface area contributed by atoms with E-state index in [0.717, 1.165) is 11.3 Å². The Morgan fingerprint density at radius 3 is 2.46 bits per heavy atom. The number of benzene rings is 1. The summed E-state index contributed by atoms with van der Waals surface area (Å²) in [5, 5.41) is 19.8. The van der Waals surface area contributed by atoms with Crippen LogP contribution in [0.2, 0.25) is 0 Å². The van der Waals surface area contributed by atoms with Crippen LogP contribution in [0, 0.1) is 33.5 Å². The fraction of sp³-hybridized carbons (Fsp3) is 0.471. The molecule has 1 aromatic carbocycles. The third kappa shape index (κ3) is 1.40. The third-order valence-electron chi connectivity index (χ3n) is 5.13. The Labute approximate surface area is 139 Å². The molecule has 7 nitrogen and oxygen atoms in total. The number of nitrogens with two attached hydrogens (primary N) is 1. The van der Waals surface area contributed by atoms with Crippen molar-refractivity contribution in [3.8, 4) is 17.9 Å². The number of fused-ring (bicyclic) bond motifs is 2. The molecule has 2 fully saturated rings. The van der Waals surface area contributed by atoms with Crippen LogP contribution >= 0.6 is 0 Å². The lowest BCUT2D eigenvalue weighted by molar-refractivity contribution is -0.184. The van der Waals surface area contributed by atoms with Crippen LogP contribution in [-0.2, 0) is 9.47 Å². The van der Waals surface area contributed by atoms with Crippen molar-refractivity contribution in [2.45, 2.75) is 18.8 Å². The molecule has 0 aromatic heterocycles. The van der Waals surface area contributed by atoms with Crippen molar-refractivity contribution in [2.75, 3.05) is 19.8 Å². The van der Waals surface area contributed by atoms with Crippen molar-refractivity contribution in [2.24, 2.45) is 21.6 Å². The van der Waals surface area contributed by atoms with Gasteiger partial charge in [-0.05, 0) is 24.6 Å². The van der Waals surface area contributed by atoms with Gasteiger partial charge in [0.25, 0.3) is 5.91 Å². The second kappa shape index (κ2) is 4.70. The summed E-state index contributed by atoms with van der Waals surface area (Å²) in [7, 11) is 0. The molecular formula is C17H16N4O3. The summed E-state index contributed by atoms with van der Waals surface area (Å²) in [6.45, 7) is 3.11. The molecule has 1 aliphatic carbocycles. The molecule has 3 aliphatic rings. The molecule has 1 aromatic rings. The lowest BCUT2D eigenvalue weighted by Gasteiger charge is -2.25. The lowest BCUT2D eigenvalue weighted by atomic mass is 9.94. The molecule has 1 saturated carbocycles. The Kier molecular flexibility index (Phi) is 2.93. The monoisotopic (exact) mass is 324 g/mol. The summed E-state index contributed by atoms with van der Waals surface area (Å²) in [6.07, 6.45) is 0. The van der Waals surface area contributed by atoms with E-state index in [1.54, 1.807) is 0 Å². The number of hydrogen-bond acceptors (Lipinski definition) is 7. The number of ether oxygens (including phenoxy) is 3. The van der Waals surface area contributed by atoms with Crippen LogP contribution in [0.25, 0.3) is 0 Å². The van der Waals surface area contributed by atoms with E-state index in [4.69, 9.17) is 19.9 Å². The van der Waals surface area contributed by atoms with Gasteiger partial charge in [-0.1, -0.05) is 12.1 Å². The molecule has 122 valence electrons. The van der Waals surface area contributed by atoms with Gasteiger partial charge < -0.3 is 19.9 Å². The molecule has 4 rings (SSSR count). The topological polar surface area (TPSA) is 114 Å². The molecule has 24 heavy (non-hydrogen) atoms. The van der Waals surface area contributed by atoms with Gasteiger partial charge in [0, 0.05) is 5.92 Å². The third-order valence-corrected chi connectivity index (χ3v) is 5.13. The molecule has 2 N–H and O–H groups in total. The molecule has 1 spiro atoms. The Morgan fingerprint density at radius 1 is 1.25 bits per heavy atom. The van der Waals surface area contributed by atoms with E-state index < -0.39 is 22.7 Å². The lowest BCUT2D eigenvalue weighted by Crippen LogP contribution is -2.38. The fourth-order valence-electron chi connectivity index (χ4n) is 4.14. The highest BCUT2D eigenvalue weighted by molar-refractivity contribution is 6.00. The van der Waals surface area contributed by atoms with E-state index >= 15 is 0 Å². The highest BCUT2D eigenvalue weighted by atomic mass is 16.8. The van der Waals surface area contributed by atoms with Gasteiger partial charge in [0.15, 0.2) is 5.41 Å². The van der Waals surface area contributed by atoms with Gasteiger partial charge in [0.1, 0.15) is 17.0 Å². The predicted octanol–water partition coefficient (Wildman–Crippen LogP) is 1.27. The molecule has 7 heteroatoms.